The molecule has 0 bridgehead atoms. The van der Waals surface area contributed by atoms with Crippen molar-refractivity contribution in [1.82, 2.24) is 25.5 Å². The summed E-state index contributed by atoms with van der Waals surface area (Å²) in [5.41, 5.74) is 3.54. The van der Waals surface area contributed by atoms with Crippen molar-refractivity contribution in [3.63, 3.8) is 0 Å². The van der Waals surface area contributed by atoms with Gasteiger partial charge in [-0.25, -0.2) is 0 Å². The van der Waals surface area contributed by atoms with E-state index in [1.807, 2.05) is 36.7 Å². The van der Waals surface area contributed by atoms with Crippen LogP contribution in [0.5, 0.6) is 0 Å². The third-order valence-electron chi connectivity index (χ3n) is 5.04. The van der Waals surface area contributed by atoms with Gasteiger partial charge in [-0.1, -0.05) is 24.3 Å². The van der Waals surface area contributed by atoms with E-state index in [1.54, 1.807) is 6.20 Å². The van der Waals surface area contributed by atoms with Gasteiger partial charge in [-0.2, -0.15) is 0 Å². The number of pyridine rings is 1. The van der Waals surface area contributed by atoms with E-state index in [-0.39, 0.29) is 5.91 Å². The molecule has 0 radical (unpaired) electrons. The van der Waals surface area contributed by atoms with Gasteiger partial charge in [0.15, 0.2) is 0 Å². The Balaban J connectivity index is 1.17. The molecule has 30 heavy (non-hydrogen) atoms. The van der Waals surface area contributed by atoms with Crippen molar-refractivity contribution >= 4 is 16.8 Å². The van der Waals surface area contributed by atoms with E-state index in [2.05, 4.69) is 37.6 Å². The van der Waals surface area contributed by atoms with Crippen LogP contribution in [-0.4, -0.2) is 32.6 Å². The normalized spacial score (nSPS) is 11.1. The van der Waals surface area contributed by atoms with Gasteiger partial charge < -0.3 is 14.7 Å². The molecule has 0 aliphatic carbocycles. The average Bonchev–Trinajstić information content (AvgIpc) is 3.41. The van der Waals surface area contributed by atoms with Crippen LogP contribution in [0.25, 0.3) is 10.9 Å². The van der Waals surface area contributed by atoms with Gasteiger partial charge in [0.05, 0.1) is 0 Å². The molecule has 0 fully saturated rings. The topological polar surface area (TPSA) is 96.7 Å². The van der Waals surface area contributed by atoms with Gasteiger partial charge in [0.2, 0.25) is 17.7 Å². The number of amides is 1. The van der Waals surface area contributed by atoms with Gasteiger partial charge in [-0.05, 0) is 42.5 Å². The first-order chi connectivity index (χ1) is 14.8. The number of fused-ring (bicyclic) bond motifs is 1. The van der Waals surface area contributed by atoms with Gasteiger partial charge in [0, 0.05) is 55.3 Å². The first-order valence-electron chi connectivity index (χ1n) is 10.3. The van der Waals surface area contributed by atoms with Gasteiger partial charge in [0.1, 0.15) is 0 Å². The number of aryl methyl sites for hydroxylation is 4. The second-order valence-corrected chi connectivity index (χ2v) is 7.26. The zero-order valence-corrected chi connectivity index (χ0v) is 16.8. The Morgan fingerprint density at radius 3 is 2.73 bits per heavy atom. The summed E-state index contributed by atoms with van der Waals surface area (Å²) in [6.45, 7) is 0.646. The Hall–Kier alpha value is -3.48. The molecule has 154 valence electrons. The molecular weight excluding hydrogens is 378 g/mol. The number of nitrogens with one attached hydrogen (secondary N) is 2. The molecule has 7 nitrogen and oxygen atoms in total. The molecule has 0 aliphatic rings. The highest BCUT2D eigenvalue weighted by Gasteiger charge is 2.10. The number of hydrogen-bond donors (Lipinski definition) is 2. The summed E-state index contributed by atoms with van der Waals surface area (Å²) in [5.74, 6) is 1.11. The zero-order valence-electron chi connectivity index (χ0n) is 16.8. The van der Waals surface area contributed by atoms with E-state index < -0.39 is 0 Å². The van der Waals surface area contributed by atoms with Gasteiger partial charge >= 0.3 is 0 Å². The van der Waals surface area contributed by atoms with Crippen molar-refractivity contribution in [2.75, 3.05) is 6.54 Å². The summed E-state index contributed by atoms with van der Waals surface area (Å²) < 4.78 is 5.71. The molecule has 0 saturated carbocycles. The van der Waals surface area contributed by atoms with E-state index in [0.29, 0.717) is 37.6 Å². The Bertz CT molecular complexity index is 1090. The molecule has 0 saturated heterocycles. The maximum absolute atomic E-state index is 12.0. The molecule has 1 aromatic carbocycles. The van der Waals surface area contributed by atoms with Crippen molar-refractivity contribution < 1.29 is 9.21 Å². The van der Waals surface area contributed by atoms with Crippen molar-refractivity contribution in [2.45, 2.75) is 38.5 Å². The van der Waals surface area contributed by atoms with Gasteiger partial charge in [-0.3, -0.25) is 9.78 Å². The monoisotopic (exact) mass is 403 g/mol. The minimum Gasteiger partial charge on any atom is -0.425 e. The predicted molar refractivity (Wildman–Crippen MR) is 114 cm³/mol. The van der Waals surface area contributed by atoms with Crippen molar-refractivity contribution in [1.29, 1.82) is 0 Å². The van der Waals surface area contributed by atoms with Crippen LogP contribution in [0, 0.1) is 0 Å². The lowest BCUT2D eigenvalue weighted by Crippen LogP contribution is -2.25. The molecule has 0 unspecified atom stereocenters. The first-order valence-corrected chi connectivity index (χ1v) is 10.3. The van der Waals surface area contributed by atoms with Gasteiger partial charge in [0.25, 0.3) is 0 Å². The summed E-state index contributed by atoms with van der Waals surface area (Å²) in [6, 6.07) is 12.2. The third kappa shape index (κ3) is 5.31. The van der Waals surface area contributed by atoms with E-state index in [9.17, 15) is 4.79 Å². The number of rotatable bonds is 10. The van der Waals surface area contributed by atoms with E-state index in [4.69, 9.17) is 4.42 Å². The number of hydrogen-bond acceptors (Lipinski definition) is 5. The van der Waals surface area contributed by atoms with Crippen molar-refractivity contribution in [2.24, 2.45) is 0 Å². The number of aromatic nitrogens is 4. The van der Waals surface area contributed by atoms with Crippen LogP contribution in [0.2, 0.25) is 0 Å². The molecule has 7 heteroatoms. The molecule has 0 spiro atoms. The Morgan fingerprint density at radius 2 is 1.87 bits per heavy atom. The van der Waals surface area contributed by atoms with Crippen LogP contribution < -0.4 is 5.32 Å². The first kappa shape index (κ1) is 19.8. The SMILES string of the molecule is O=C(CCc1nnc(CCc2c[nH]c3ccccc23)o1)NCCCc1cccnc1. The molecule has 3 heterocycles. The predicted octanol–water partition coefficient (Wildman–Crippen LogP) is 3.41. The molecule has 3 aromatic heterocycles. The second kappa shape index (κ2) is 9.82. The molecule has 2 N–H and O–H groups in total. The van der Waals surface area contributed by atoms with E-state index in [0.717, 1.165) is 24.8 Å². The lowest BCUT2D eigenvalue weighted by molar-refractivity contribution is -0.121. The highest BCUT2D eigenvalue weighted by Crippen LogP contribution is 2.19. The molecular formula is C23H25N5O2. The average molecular weight is 403 g/mol. The molecule has 4 aromatic rings. The van der Waals surface area contributed by atoms with Crippen molar-refractivity contribution in [3.05, 3.63) is 77.9 Å². The van der Waals surface area contributed by atoms with Crippen LogP contribution in [-0.2, 0) is 30.5 Å². The number of nitrogens with zero attached hydrogens (tertiary/aromatic N) is 3. The Labute approximate surface area is 174 Å². The summed E-state index contributed by atoms with van der Waals surface area (Å²) >= 11 is 0. The molecule has 0 atom stereocenters. The summed E-state index contributed by atoms with van der Waals surface area (Å²) in [6.07, 6.45) is 9.72. The maximum Gasteiger partial charge on any atom is 0.220 e. The van der Waals surface area contributed by atoms with Crippen LogP contribution >= 0.6 is 0 Å². The number of H-pyrrole nitrogens is 1. The quantitative estimate of drug-likeness (QED) is 0.396. The summed E-state index contributed by atoms with van der Waals surface area (Å²) in [4.78, 5) is 19.4. The third-order valence-corrected chi connectivity index (χ3v) is 5.04. The highest BCUT2D eigenvalue weighted by molar-refractivity contribution is 5.83. The number of para-hydroxylation sites is 1. The van der Waals surface area contributed by atoms with Gasteiger partial charge in [-0.15, -0.1) is 10.2 Å². The number of carbonyl (C=O) groups is 1. The lowest BCUT2D eigenvalue weighted by atomic mass is 10.1. The number of benzene rings is 1. The fourth-order valence-electron chi connectivity index (χ4n) is 3.45. The van der Waals surface area contributed by atoms with Crippen LogP contribution in [0.3, 0.4) is 0 Å². The van der Waals surface area contributed by atoms with E-state index >= 15 is 0 Å². The number of aromatic amines is 1. The Kier molecular flexibility index (Phi) is 6.49. The summed E-state index contributed by atoms with van der Waals surface area (Å²) in [5, 5.41) is 12.4. The van der Waals surface area contributed by atoms with Crippen LogP contribution in [0.1, 0.15) is 35.7 Å². The zero-order chi connectivity index (χ0) is 20.6. The summed E-state index contributed by atoms with van der Waals surface area (Å²) in [7, 11) is 0. The molecule has 0 aliphatic heterocycles. The minimum absolute atomic E-state index is 0.000251. The maximum atomic E-state index is 12.0. The van der Waals surface area contributed by atoms with Crippen LogP contribution in [0.15, 0.2) is 59.4 Å². The van der Waals surface area contributed by atoms with Crippen LogP contribution in [0.4, 0.5) is 0 Å². The molecule has 1 amide bonds. The smallest absolute Gasteiger partial charge is 0.220 e. The fraction of sp³-hybridized carbons (Fsp3) is 0.304. The molecule has 4 rings (SSSR count). The Morgan fingerprint density at radius 1 is 1.00 bits per heavy atom. The largest absolute Gasteiger partial charge is 0.425 e. The highest BCUT2D eigenvalue weighted by atomic mass is 16.4. The van der Waals surface area contributed by atoms with E-state index in [1.165, 1.54) is 16.5 Å². The standard InChI is InChI=1S/C23H25N5O2/c29-21(25-14-4-6-17-5-3-13-24-15-17)10-12-23-28-27-22(30-23)11-9-18-16-26-20-8-2-1-7-19(18)20/h1-3,5,7-8,13,15-16,26H,4,6,9-12,14H2,(H,25,29). The fourth-order valence-corrected chi connectivity index (χ4v) is 3.45. The second-order valence-electron chi connectivity index (χ2n) is 7.26. The lowest BCUT2D eigenvalue weighted by Gasteiger charge is -2.04. The minimum atomic E-state index is -0.000251. The van der Waals surface area contributed by atoms with Crippen molar-refractivity contribution in [3.8, 4) is 0 Å². The number of carbonyl (C=O) groups excluding carboxylic acids is 1.